The molecule has 1 saturated heterocycles. The van der Waals surface area contributed by atoms with E-state index in [4.69, 9.17) is 0 Å². The van der Waals surface area contributed by atoms with Gasteiger partial charge in [0.05, 0.1) is 12.5 Å². The molecule has 184 valence electrons. The number of amides is 2. The molecular weight excluding hydrogens is 474 g/mol. The van der Waals surface area contributed by atoms with Gasteiger partial charge in [-0.05, 0) is 59.3 Å². The summed E-state index contributed by atoms with van der Waals surface area (Å²) in [6.07, 6.45) is 2.88. The first-order valence-electron chi connectivity index (χ1n) is 12.5. The zero-order valence-corrected chi connectivity index (χ0v) is 22.0. The SMILES string of the molecule is Cc1ccccc1[C@H]1c2ccsc2CCN1CCC(=O)N1CCCN(C(=O)Cc2cccs2)CC1. The lowest BCUT2D eigenvalue weighted by molar-refractivity contribution is -0.133. The Kier molecular flexibility index (Phi) is 7.66. The third-order valence-corrected chi connectivity index (χ3v) is 9.14. The van der Waals surface area contributed by atoms with Crippen LogP contribution in [-0.2, 0) is 22.4 Å². The number of rotatable bonds is 6. The molecule has 0 spiro atoms. The highest BCUT2D eigenvalue weighted by molar-refractivity contribution is 7.10. The molecule has 1 aromatic carbocycles. The predicted octanol–water partition coefficient (Wildman–Crippen LogP) is 4.76. The summed E-state index contributed by atoms with van der Waals surface area (Å²) in [7, 11) is 0. The molecule has 35 heavy (non-hydrogen) atoms. The molecule has 2 amide bonds. The van der Waals surface area contributed by atoms with Crippen LogP contribution in [0.25, 0.3) is 0 Å². The smallest absolute Gasteiger partial charge is 0.227 e. The zero-order valence-electron chi connectivity index (χ0n) is 20.3. The summed E-state index contributed by atoms with van der Waals surface area (Å²) in [6.45, 7) is 6.64. The van der Waals surface area contributed by atoms with Gasteiger partial charge in [0, 0.05) is 55.4 Å². The van der Waals surface area contributed by atoms with Crippen molar-refractivity contribution in [1.29, 1.82) is 0 Å². The van der Waals surface area contributed by atoms with Crippen LogP contribution in [0.1, 0.15) is 45.3 Å². The molecule has 0 radical (unpaired) electrons. The first kappa shape index (κ1) is 24.2. The Morgan fingerprint density at radius 1 is 0.857 bits per heavy atom. The van der Waals surface area contributed by atoms with Gasteiger partial charge in [-0.25, -0.2) is 0 Å². The lowest BCUT2D eigenvalue weighted by Gasteiger charge is -2.37. The molecule has 5 rings (SSSR count). The Bertz CT molecular complexity index is 1160. The largest absolute Gasteiger partial charge is 0.341 e. The minimum absolute atomic E-state index is 0.169. The van der Waals surface area contributed by atoms with Crippen molar-refractivity contribution in [3.05, 3.63) is 79.7 Å². The standard InChI is InChI=1S/C28H33N3O2S2/c1-21-6-2-3-8-23(21)28-24-11-19-35-25(24)9-14-31(28)15-10-26(32)29-12-5-13-30(17-16-29)27(33)20-22-7-4-18-34-22/h2-4,6-8,11,18-19,28H,5,9-10,12-17,20H2,1H3/t28-/m0/s1. The van der Waals surface area contributed by atoms with Crippen molar-refractivity contribution in [2.24, 2.45) is 0 Å². The fourth-order valence-electron chi connectivity index (χ4n) is 5.35. The van der Waals surface area contributed by atoms with E-state index in [1.807, 2.05) is 38.6 Å². The van der Waals surface area contributed by atoms with Gasteiger partial charge in [0.25, 0.3) is 0 Å². The van der Waals surface area contributed by atoms with Crippen molar-refractivity contribution in [2.45, 2.75) is 38.6 Å². The number of benzene rings is 1. The van der Waals surface area contributed by atoms with Crippen LogP contribution < -0.4 is 0 Å². The van der Waals surface area contributed by atoms with E-state index in [1.54, 1.807) is 11.3 Å². The number of hydrogen-bond acceptors (Lipinski definition) is 5. The van der Waals surface area contributed by atoms with E-state index in [1.165, 1.54) is 21.6 Å². The number of fused-ring (bicyclic) bond motifs is 1. The molecule has 0 aliphatic carbocycles. The first-order chi connectivity index (χ1) is 17.1. The molecule has 7 heteroatoms. The molecule has 0 N–H and O–H groups in total. The Balaban J connectivity index is 1.20. The van der Waals surface area contributed by atoms with Crippen molar-refractivity contribution in [3.63, 3.8) is 0 Å². The summed E-state index contributed by atoms with van der Waals surface area (Å²) < 4.78 is 0. The predicted molar refractivity (Wildman–Crippen MR) is 143 cm³/mol. The van der Waals surface area contributed by atoms with Crippen molar-refractivity contribution in [2.75, 3.05) is 39.3 Å². The van der Waals surface area contributed by atoms with E-state index >= 15 is 0 Å². The van der Waals surface area contributed by atoms with Gasteiger partial charge in [-0.1, -0.05) is 30.3 Å². The topological polar surface area (TPSA) is 43.9 Å². The number of carbonyl (C=O) groups excluding carboxylic acids is 2. The minimum atomic E-state index is 0.169. The van der Waals surface area contributed by atoms with E-state index in [-0.39, 0.29) is 17.9 Å². The van der Waals surface area contributed by atoms with Gasteiger partial charge in [-0.15, -0.1) is 22.7 Å². The number of thiophene rings is 2. The number of hydrogen-bond donors (Lipinski definition) is 0. The monoisotopic (exact) mass is 507 g/mol. The molecule has 0 bridgehead atoms. The zero-order chi connectivity index (χ0) is 24.2. The lowest BCUT2D eigenvalue weighted by atomic mass is 9.90. The van der Waals surface area contributed by atoms with E-state index in [2.05, 4.69) is 47.5 Å². The van der Waals surface area contributed by atoms with Crippen LogP contribution in [0.15, 0.2) is 53.2 Å². The molecule has 2 aromatic heterocycles. The third-order valence-electron chi connectivity index (χ3n) is 7.27. The molecular formula is C28H33N3O2S2. The van der Waals surface area contributed by atoms with Crippen LogP contribution in [0.5, 0.6) is 0 Å². The maximum absolute atomic E-state index is 13.2. The normalized spacial score (nSPS) is 18.8. The van der Waals surface area contributed by atoms with Gasteiger partial charge in [0.1, 0.15) is 0 Å². The Hall–Kier alpha value is -2.48. The molecule has 2 aliphatic heterocycles. The van der Waals surface area contributed by atoms with Gasteiger partial charge in [0.2, 0.25) is 11.8 Å². The first-order valence-corrected chi connectivity index (χ1v) is 14.3. The van der Waals surface area contributed by atoms with Crippen molar-refractivity contribution in [3.8, 4) is 0 Å². The minimum Gasteiger partial charge on any atom is -0.341 e. The average molecular weight is 508 g/mol. The Labute approximate surface area is 216 Å². The van der Waals surface area contributed by atoms with E-state index in [9.17, 15) is 9.59 Å². The number of carbonyl (C=O) groups is 2. The van der Waals surface area contributed by atoms with Crippen molar-refractivity contribution < 1.29 is 9.59 Å². The van der Waals surface area contributed by atoms with E-state index < -0.39 is 0 Å². The van der Waals surface area contributed by atoms with Crippen LogP contribution in [0.2, 0.25) is 0 Å². The number of nitrogens with zero attached hydrogens (tertiary/aromatic N) is 3. The van der Waals surface area contributed by atoms with Gasteiger partial charge < -0.3 is 9.80 Å². The maximum atomic E-state index is 13.2. The summed E-state index contributed by atoms with van der Waals surface area (Å²) in [5.74, 6) is 0.375. The maximum Gasteiger partial charge on any atom is 0.227 e. The molecule has 1 fully saturated rings. The molecule has 1 atom stereocenters. The molecule has 2 aliphatic rings. The van der Waals surface area contributed by atoms with E-state index in [0.29, 0.717) is 25.9 Å². The summed E-state index contributed by atoms with van der Waals surface area (Å²) >= 11 is 3.48. The highest BCUT2D eigenvalue weighted by Gasteiger charge is 2.31. The summed E-state index contributed by atoms with van der Waals surface area (Å²) in [6, 6.07) is 15.1. The highest BCUT2D eigenvalue weighted by Crippen LogP contribution is 2.38. The fourth-order valence-corrected chi connectivity index (χ4v) is 6.95. The lowest BCUT2D eigenvalue weighted by Crippen LogP contribution is -2.41. The Morgan fingerprint density at radius 2 is 1.66 bits per heavy atom. The quantitative estimate of drug-likeness (QED) is 0.483. The molecule has 5 nitrogen and oxygen atoms in total. The van der Waals surface area contributed by atoms with Gasteiger partial charge in [0.15, 0.2) is 0 Å². The molecule has 4 heterocycles. The highest BCUT2D eigenvalue weighted by atomic mass is 32.1. The Morgan fingerprint density at radius 3 is 2.43 bits per heavy atom. The van der Waals surface area contributed by atoms with Crippen LogP contribution in [0.4, 0.5) is 0 Å². The van der Waals surface area contributed by atoms with Crippen LogP contribution >= 0.6 is 22.7 Å². The number of aryl methyl sites for hydroxylation is 1. The van der Waals surface area contributed by atoms with Crippen LogP contribution in [0.3, 0.4) is 0 Å². The third kappa shape index (κ3) is 5.52. The van der Waals surface area contributed by atoms with Crippen LogP contribution in [0, 0.1) is 6.92 Å². The summed E-state index contributed by atoms with van der Waals surface area (Å²) in [5, 5.41) is 4.21. The van der Waals surface area contributed by atoms with Crippen molar-refractivity contribution >= 4 is 34.5 Å². The second-order valence-corrected chi connectivity index (χ2v) is 11.5. The fraction of sp³-hybridized carbons (Fsp3) is 0.429. The molecule has 0 saturated carbocycles. The van der Waals surface area contributed by atoms with E-state index in [0.717, 1.165) is 43.9 Å². The van der Waals surface area contributed by atoms with Crippen molar-refractivity contribution in [1.82, 2.24) is 14.7 Å². The molecule has 0 unspecified atom stereocenters. The van der Waals surface area contributed by atoms with Gasteiger partial charge in [-0.2, -0.15) is 0 Å². The molecule has 3 aromatic rings. The van der Waals surface area contributed by atoms with Gasteiger partial charge >= 0.3 is 0 Å². The second-order valence-electron chi connectivity index (χ2n) is 9.47. The van der Waals surface area contributed by atoms with Gasteiger partial charge in [-0.3, -0.25) is 14.5 Å². The summed E-state index contributed by atoms with van der Waals surface area (Å²) in [5.41, 5.74) is 4.04. The average Bonchev–Trinajstić information content (AvgIpc) is 3.49. The summed E-state index contributed by atoms with van der Waals surface area (Å²) in [4.78, 5) is 34.9. The second kappa shape index (κ2) is 11.1. The van der Waals surface area contributed by atoms with Crippen LogP contribution in [-0.4, -0.2) is 65.8 Å².